The van der Waals surface area contributed by atoms with E-state index in [4.69, 9.17) is 14.7 Å². The SMILES string of the molecule is Cc1cccc(C)c1-c1cc(Oc2[c-]c(C3(c4ccccn4)c4ccccc4Sc4ccccc43)ccc2)[c-]c(-c2ccc3ccccc3n2)c1.[Pt+2]. The monoisotopic (exact) mass is 867 g/mol. The third kappa shape index (κ3) is 5.86. The molecule has 2 aromatic heterocycles. The molecule has 0 atom stereocenters. The first-order chi connectivity index (χ1) is 25.1. The maximum Gasteiger partial charge on any atom is 2.00 e. The second-order valence-electron chi connectivity index (χ2n) is 12.9. The molecule has 0 N–H and O–H groups in total. The summed E-state index contributed by atoms with van der Waals surface area (Å²) >= 11 is 1.80. The van der Waals surface area contributed by atoms with Crippen molar-refractivity contribution >= 4 is 22.7 Å². The zero-order valence-electron chi connectivity index (χ0n) is 28.5. The summed E-state index contributed by atoms with van der Waals surface area (Å²) in [5, 5.41) is 1.10. The van der Waals surface area contributed by atoms with Crippen molar-refractivity contribution in [2.45, 2.75) is 29.1 Å². The molecular weight excluding hydrogens is 836 g/mol. The van der Waals surface area contributed by atoms with E-state index in [9.17, 15) is 0 Å². The predicted octanol–water partition coefficient (Wildman–Crippen LogP) is 11.8. The summed E-state index contributed by atoms with van der Waals surface area (Å²) < 4.78 is 6.79. The summed E-state index contributed by atoms with van der Waals surface area (Å²) in [6.07, 6.45) is 1.88. The van der Waals surface area contributed by atoms with Gasteiger partial charge < -0.3 is 4.74 Å². The number of benzene rings is 6. The predicted molar refractivity (Wildman–Crippen MR) is 207 cm³/mol. The minimum atomic E-state index is -0.705. The molecule has 8 aromatic rings. The van der Waals surface area contributed by atoms with Gasteiger partial charge in [-0.05, 0) is 83.1 Å². The zero-order valence-corrected chi connectivity index (χ0v) is 31.6. The third-order valence-electron chi connectivity index (χ3n) is 9.73. The second-order valence-corrected chi connectivity index (χ2v) is 14.0. The van der Waals surface area contributed by atoms with Gasteiger partial charge in [0.25, 0.3) is 0 Å². The van der Waals surface area contributed by atoms with Gasteiger partial charge in [-0.3, -0.25) is 9.97 Å². The molecule has 0 unspecified atom stereocenters. The molecule has 0 bridgehead atoms. The van der Waals surface area contributed by atoms with E-state index in [1.54, 1.807) is 11.8 Å². The van der Waals surface area contributed by atoms with E-state index in [2.05, 4.69) is 147 Å². The van der Waals surface area contributed by atoms with Crippen molar-refractivity contribution in [3.05, 3.63) is 203 Å². The average Bonchev–Trinajstić information content (AvgIpc) is 3.17. The van der Waals surface area contributed by atoms with E-state index in [1.807, 2.05) is 36.5 Å². The van der Waals surface area contributed by atoms with Gasteiger partial charge in [0.2, 0.25) is 0 Å². The van der Waals surface area contributed by atoms with E-state index in [1.165, 1.54) is 37.6 Å². The molecule has 0 aliphatic carbocycles. The van der Waals surface area contributed by atoms with Crippen LogP contribution < -0.4 is 4.74 Å². The van der Waals surface area contributed by atoms with Crippen LogP contribution in [0.3, 0.4) is 0 Å². The molecule has 0 spiro atoms. The maximum absolute atomic E-state index is 6.79. The van der Waals surface area contributed by atoms with Crippen LogP contribution >= 0.6 is 11.8 Å². The van der Waals surface area contributed by atoms with Crippen molar-refractivity contribution in [2.24, 2.45) is 0 Å². The summed E-state index contributed by atoms with van der Waals surface area (Å²) in [4.78, 5) is 12.4. The smallest absolute Gasteiger partial charge is 0.503 e. The van der Waals surface area contributed by atoms with Crippen LogP contribution in [0.2, 0.25) is 0 Å². The van der Waals surface area contributed by atoms with Crippen molar-refractivity contribution in [2.75, 3.05) is 0 Å². The molecule has 6 aromatic carbocycles. The molecule has 0 radical (unpaired) electrons. The second kappa shape index (κ2) is 14.0. The Morgan fingerprint density at radius 2 is 1.31 bits per heavy atom. The molecule has 0 amide bonds. The largest absolute Gasteiger partial charge is 2.00 e. The molecule has 5 heteroatoms. The summed E-state index contributed by atoms with van der Waals surface area (Å²) in [7, 11) is 0. The maximum atomic E-state index is 6.79. The van der Waals surface area contributed by atoms with E-state index in [-0.39, 0.29) is 21.1 Å². The normalized spacial score (nSPS) is 12.7. The first kappa shape index (κ1) is 33.8. The number of para-hydroxylation sites is 1. The Labute approximate surface area is 323 Å². The van der Waals surface area contributed by atoms with Gasteiger partial charge in [0, 0.05) is 27.5 Å². The Morgan fingerprint density at radius 3 is 2.06 bits per heavy atom. The van der Waals surface area contributed by atoms with E-state index in [0.717, 1.165) is 39.0 Å². The molecule has 52 heavy (non-hydrogen) atoms. The van der Waals surface area contributed by atoms with Gasteiger partial charge in [0.05, 0.1) is 16.6 Å². The number of aryl methyl sites for hydroxylation is 2. The number of aromatic nitrogens is 2. The number of ether oxygens (including phenoxy) is 1. The van der Waals surface area contributed by atoms with Crippen LogP contribution in [0, 0.1) is 26.0 Å². The molecule has 1 aliphatic heterocycles. The molecule has 0 saturated heterocycles. The summed E-state index contributed by atoms with van der Waals surface area (Å²) in [6, 6.07) is 59.9. The van der Waals surface area contributed by atoms with Gasteiger partial charge >= 0.3 is 21.1 Å². The molecule has 0 fully saturated rings. The topological polar surface area (TPSA) is 35.0 Å². The minimum absolute atomic E-state index is 0. The zero-order chi connectivity index (χ0) is 34.4. The van der Waals surface area contributed by atoms with Crippen LogP contribution in [0.4, 0.5) is 0 Å². The van der Waals surface area contributed by atoms with Crippen LogP contribution in [-0.2, 0) is 26.5 Å². The average molecular weight is 868 g/mol. The number of pyridine rings is 2. The molecule has 9 rings (SSSR count). The Balaban J connectivity index is 0.00000387. The standard InChI is InChI=1S/C47H32N2OS.Pt/c1-31-13-11-14-32(2)46(31)35-27-34(42-25-24-33-15-3-6-20-41(33)49-42)28-38(29-35)50-37-17-12-16-36(30-37)47(45-23-9-10-26-48-45)39-18-4-7-21-43(39)51-44-22-8-5-19-40(44)47;/h3-27,29H,1-2H3;/q-2;+2. The van der Waals surface area contributed by atoms with Crippen LogP contribution in [0.5, 0.6) is 11.5 Å². The molecular formula is C47H32N2OPtS. The van der Waals surface area contributed by atoms with Crippen LogP contribution in [0.25, 0.3) is 33.3 Å². The van der Waals surface area contributed by atoms with Gasteiger partial charge in [0.15, 0.2) is 0 Å². The fourth-order valence-corrected chi connectivity index (χ4v) is 8.69. The van der Waals surface area contributed by atoms with Crippen molar-refractivity contribution in [3.63, 3.8) is 0 Å². The first-order valence-electron chi connectivity index (χ1n) is 17.1. The Kier molecular flexibility index (Phi) is 9.13. The van der Waals surface area contributed by atoms with Crippen LogP contribution in [0.1, 0.15) is 33.5 Å². The molecule has 252 valence electrons. The summed E-state index contributed by atoms with van der Waals surface area (Å²) in [6.45, 7) is 4.31. The molecule has 0 saturated carbocycles. The van der Waals surface area contributed by atoms with E-state index < -0.39 is 5.41 Å². The van der Waals surface area contributed by atoms with Crippen LogP contribution in [-0.4, -0.2) is 9.97 Å². The number of rotatable bonds is 6. The third-order valence-corrected chi connectivity index (χ3v) is 10.9. The fraction of sp³-hybridized carbons (Fsp3) is 0.0638. The molecule has 3 nitrogen and oxygen atoms in total. The molecule has 1 aliphatic rings. The number of hydrogen-bond donors (Lipinski definition) is 0. The van der Waals surface area contributed by atoms with E-state index >= 15 is 0 Å². The van der Waals surface area contributed by atoms with Gasteiger partial charge in [-0.15, -0.1) is 29.3 Å². The van der Waals surface area contributed by atoms with Crippen molar-refractivity contribution in [3.8, 4) is 33.9 Å². The first-order valence-corrected chi connectivity index (χ1v) is 17.9. The van der Waals surface area contributed by atoms with Gasteiger partial charge in [0.1, 0.15) is 0 Å². The summed E-state index contributed by atoms with van der Waals surface area (Å²) in [5.74, 6) is 1.20. The Bertz CT molecular complexity index is 2520. The van der Waals surface area contributed by atoms with Gasteiger partial charge in [-0.25, -0.2) is 0 Å². The fourth-order valence-electron chi connectivity index (χ4n) is 7.49. The van der Waals surface area contributed by atoms with Crippen molar-refractivity contribution in [1.29, 1.82) is 0 Å². The number of nitrogens with zero attached hydrogens (tertiary/aromatic N) is 2. The molecule has 3 heterocycles. The Morgan fingerprint density at radius 1 is 0.615 bits per heavy atom. The summed E-state index contributed by atoms with van der Waals surface area (Å²) in [5.41, 5.74) is 10.8. The van der Waals surface area contributed by atoms with Crippen LogP contribution in [0.15, 0.2) is 168 Å². The van der Waals surface area contributed by atoms with E-state index in [0.29, 0.717) is 11.5 Å². The number of hydrogen-bond acceptors (Lipinski definition) is 4. The van der Waals surface area contributed by atoms with Gasteiger partial charge in [-0.2, -0.15) is 12.1 Å². The number of fused-ring (bicyclic) bond motifs is 3. The Hall–Kier alpha value is -5.28. The minimum Gasteiger partial charge on any atom is -0.503 e. The van der Waals surface area contributed by atoms with Crippen molar-refractivity contribution in [1.82, 2.24) is 9.97 Å². The quantitative estimate of drug-likeness (QED) is 0.156. The van der Waals surface area contributed by atoms with Gasteiger partial charge in [-0.1, -0.05) is 120 Å². The van der Waals surface area contributed by atoms with Crippen molar-refractivity contribution < 1.29 is 25.8 Å².